The highest BCUT2D eigenvalue weighted by molar-refractivity contribution is 6.36. The molecule has 0 radical (unpaired) electrons. The van der Waals surface area contributed by atoms with E-state index in [9.17, 15) is 27.6 Å². The minimum absolute atomic E-state index is 0. The van der Waals surface area contributed by atoms with E-state index in [-0.39, 0.29) is 50.3 Å². The number of hydrogen-bond donors (Lipinski definition) is 7. The van der Waals surface area contributed by atoms with Gasteiger partial charge in [-0.1, -0.05) is 78.6 Å². The van der Waals surface area contributed by atoms with Gasteiger partial charge in [0.05, 0.1) is 56.9 Å². The molecule has 0 saturated heterocycles. The van der Waals surface area contributed by atoms with Crippen LogP contribution in [-0.2, 0) is 38.9 Å². The summed E-state index contributed by atoms with van der Waals surface area (Å²) in [5.41, 5.74) is 18.5. The highest BCUT2D eigenvalue weighted by Gasteiger charge is 2.16. The van der Waals surface area contributed by atoms with Crippen LogP contribution in [0.5, 0.6) is 0 Å². The molecule has 0 atom stereocenters. The topological polar surface area (TPSA) is 259 Å². The van der Waals surface area contributed by atoms with Gasteiger partial charge in [0.25, 0.3) is 11.8 Å². The van der Waals surface area contributed by atoms with Gasteiger partial charge in [0.2, 0.25) is 17.1 Å². The molecule has 19 nitrogen and oxygen atoms in total. The fraction of sp³-hybridized carbons (Fsp3) is 0.0886. The molecule has 15 rings (SSSR count). The number of amides is 2. The summed E-state index contributed by atoms with van der Waals surface area (Å²) in [6, 6.07) is 41.6. The monoisotopic (exact) mass is 1440 g/mol. The molecular formula is C79H57Cl3F3N15O4. The summed E-state index contributed by atoms with van der Waals surface area (Å²) in [7, 11) is 0. The molecule has 104 heavy (non-hydrogen) atoms. The van der Waals surface area contributed by atoms with Gasteiger partial charge in [-0.2, -0.15) is 0 Å². The molecular weight excluding hydrogens is 1390 g/mol. The molecule has 6 aromatic carbocycles. The number of benzene rings is 6. The first kappa shape index (κ1) is 72.4. The van der Waals surface area contributed by atoms with Crippen molar-refractivity contribution in [2.75, 3.05) is 0 Å². The molecule has 0 bridgehead atoms. The number of halogens is 6. The van der Waals surface area contributed by atoms with Gasteiger partial charge in [-0.15, -0.1) is 0 Å². The lowest BCUT2D eigenvalue weighted by Gasteiger charge is -2.09. The zero-order chi connectivity index (χ0) is 72.3. The van der Waals surface area contributed by atoms with Crippen molar-refractivity contribution in [3.8, 4) is 0 Å². The van der Waals surface area contributed by atoms with Crippen LogP contribution >= 0.6 is 34.8 Å². The van der Waals surface area contributed by atoms with Gasteiger partial charge in [-0.3, -0.25) is 39.5 Å². The first-order valence-corrected chi connectivity index (χ1v) is 32.5. The summed E-state index contributed by atoms with van der Waals surface area (Å²) < 4.78 is 42.0. The summed E-state index contributed by atoms with van der Waals surface area (Å²) in [5.74, 6) is -2.76. The molecule has 0 aliphatic heterocycles. The maximum absolute atomic E-state index is 14.4. The number of nitrogens with zero attached hydrogens (tertiary/aromatic N) is 9. The van der Waals surface area contributed by atoms with E-state index in [0.29, 0.717) is 124 Å². The Morgan fingerprint density at radius 2 is 0.769 bits per heavy atom. The van der Waals surface area contributed by atoms with E-state index < -0.39 is 17.6 Å². The largest absolute Gasteiger partial charge is 0.478 e. The number of carboxylic acids is 1. The van der Waals surface area contributed by atoms with Gasteiger partial charge in [0.1, 0.15) is 17.5 Å². The van der Waals surface area contributed by atoms with E-state index in [2.05, 4.69) is 70.0 Å². The average molecular weight is 1440 g/mol. The van der Waals surface area contributed by atoms with E-state index >= 15 is 0 Å². The molecule has 25 heteroatoms. The number of nitrogens with two attached hydrogens (primary N) is 1. The predicted octanol–water partition coefficient (Wildman–Crippen LogP) is 18.5. The quantitative estimate of drug-likeness (QED) is 0.0504. The first-order valence-electron chi connectivity index (χ1n) is 31.4. The Morgan fingerprint density at radius 3 is 1.11 bits per heavy atom. The van der Waals surface area contributed by atoms with Crippen molar-refractivity contribution in [1.82, 2.24) is 55.5 Å². The number of hydrogen-bond acceptors (Lipinski definition) is 10. The van der Waals surface area contributed by atoms with Crippen molar-refractivity contribution in [2.24, 2.45) is 5.73 Å². The van der Waals surface area contributed by atoms with E-state index in [1.54, 1.807) is 116 Å². The van der Waals surface area contributed by atoms with Gasteiger partial charge >= 0.3 is 5.97 Å². The minimum atomic E-state index is -0.965. The average Bonchev–Trinajstić information content (AvgIpc) is 1.54. The van der Waals surface area contributed by atoms with Crippen LogP contribution in [0.4, 0.5) is 30.2 Å². The number of aromatic carboxylic acids is 1. The second kappa shape index (κ2) is 32.6. The van der Waals surface area contributed by atoms with E-state index in [1.165, 1.54) is 30.5 Å². The van der Waals surface area contributed by atoms with Crippen LogP contribution in [0.2, 0.25) is 15.1 Å². The van der Waals surface area contributed by atoms with Crippen LogP contribution in [0.15, 0.2) is 201 Å². The molecule has 0 fully saturated rings. The van der Waals surface area contributed by atoms with Crippen molar-refractivity contribution in [2.45, 2.75) is 46.3 Å². The Morgan fingerprint density at radius 1 is 0.442 bits per heavy atom. The smallest absolute Gasteiger partial charge is 0.335 e. The number of H-pyrrole nitrogens is 3. The number of carboxylic acid groups (broad SMARTS) is 1. The standard InChI is InChI=1S/2C26H17ClFN5O.C17H11N3O2.C9H8ClFN2.CH4/c2*1-29-20-9-17-6-15(2-3-24(17)31-13-20)7-19-8-16(4-5-30-19)26(34)33-12-18-10-21-22(27)14-32-25(21)11-23(18)28;1-18-15-9-13-6-11(2-3-16(13)20-10-15)7-14-8-12(17(21)22)4-5-19-14;10-7-4-13-9-2-8(11)5(3-12)1-6(7)9;/h2*2-6,8-11,13-14,32H,7,12H2,(H,33,34);2-6,8-10H,7H2,(H,21,22);1-2,4,13H,3,12H2;1H4. The first-order chi connectivity index (χ1) is 49.9. The number of pyridine rings is 6. The molecule has 9 heterocycles. The van der Waals surface area contributed by atoms with E-state index in [4.69, 9.17) is 65.4 Å². The number of aromatic nitrogens is 9. The van der Waals surface area contributed by atoms with Crippen molar-refractivity contribution in [3.63, 3.8) is 0 Å². The predicted molar refractivity (Wildman–Crippen MR) is 399 cm³/mol. The zero-order valence-electron chi connectivity index (χ0n) is 53.8. The maximum atomic E-state index is 14.4. The van der Waals surface area contributed by atoms with Gasteiger partial charge in [0.15, 0.2) is 0 Å². The van der Waals surface area contributed by atoms with E-state index in [0.717, 1.165) is 54.8 Å². The molecule has 0 aliphatic rings. The Kier molecular flexibility index (Phi) is 22.7. The molecule has 0 spiro atoms. The number of aromatic amines is 3. The third-order valence-electron chi connectivity index (χ3n) is 16.5. The van der Waals surface area contributed by atoms with Crippen molar-refractivity contribution in [3.05, 3.63) is 335 Å². The molecule has 15 aromatic rings. The molecule has 2 amide bonds. The van der Waals surface area contributed by atoms with Crippen LogP contribution < -0.4 is 16.4 Å². The normalized spacial score (nSPS) is 10.7. The summed E-state index contributed by atoms with van der Waals surface area (Å²) in [6.07, 6.45) is 15.7. The van der Waals surface area contributed by atoms with Crippen molar-refractivity contribution >= 4 is 135 Å². The minimum Gasteiger partial charge on any atom is -0.478 e. The highest BCUT2D eigenvalue weighted by atomic mass is 35.5. The van der Waals surface area contributed by atoms with Gasteiger partial charge in [0, 0.05) is 172 Å². The SMILES string of the molecule is C.NCc1cc2c(Cl)c[nH]c2cc1F.[C-]#[N+]c1cnc2ccc(Cc3cc(C(=O)NCc4cc5c(Cl)c[nH]c5cc4F)ccn3)cc2c1.[C-]#[N+]c1cnc2ccc(Cc3cc(C(=O)NCc4cc5c(Cl)c[nH]c5cc4F)ccn3)cc2c1.[C-]#[N+]c1cnc2ccc(Cc3cc(C(=O)O)ccn3)cc2c1. The number of carbonyl (C=O) groups is 3. The van der Waals surface area contributed by atoms with Crippen LogP contribution in [0, 0.1) is 37.2 Å². The third-order valence-corrected chi connectivity index (χ3v) is 17.4. The van der Waals surface area contributed by atoms with Gasteiger partial charge in [-0.25, -0.2) is 32.5 Å². The van der Waals surface area contributed by atoms with E-state index in [1.807, 2.05) is 54.6 Å². The number of rotatable bonds is 14. The highest BCUT2D eigenvalue weighted by Crippen LogP contribution is 2.30. The lowest BCUT2D eigenvalue weighted by atomic mass is 10.0. The number of fused-ring (bicyclic) bond motifs is 6. The molecule has 0 saturated carbocycles. The number of nitrogens with one attached hydrogen (secondary N) is 5. The Balaban J connectivity index is 0.000000146. The van der Waals surface area contributed by atoms with Crippen LogP contribution in [0.3, 0.4) is 0 Å². The zero-order valence-corrected chi connectivity index (χ0v) is 56.1. The second-order valence-electron chi connectivity index (χ2n) is 23.4. The Bertz CT molecular complexity index is 5700. The number of carbonyl (C=O) groups excluding carboxylic acids is 2. The third kappa shape index (κ3) is 17.3. The van der Waals surface area contributed by atoms with Crippen molar-refractivity contribution in [1.29, 1.82) is 0 Å². The molecule has 514 valence electrons. The second-order valence-corrected chi connectivity index (χ2v) is 24.6. The summed E-state index contributed by atoms with van der Waals surface area (Å²) in [5, 5.41) is 21.0. The summed E-state index contributed by atoms with van der Waals surface area (Å²) in [4.78, 5) is 81.1. The summed E-state index contributed by atoms with van der Waals surface area (Å²) in [6.45, 7) is 21.6. The van der Waals surface area contributed by atoms with Crippen molar-refractivity contribution < 1.29 is 32.7 Å². The molecule has 9 aromatic heterocycles. The fourth-order valence-corrected chi connectivity index (χ4v) is 11.9. The lowest BCUT2D eigenvalue weighted by Crippen LogP contribution is -2.23. The lowest BCUT2D eigenvalue weighted by molar-refractivity contribution is 0.0695. The van der Waals surface area contributed by atoms with Gasteiger partial charge < -0.3 is 36.4 Å². The molecule has 0 unspecified atom stereocenters. The molecule has 8 N–H and O–H groups in total. The summed E-state index contributed by atoms with van der Waals surface area (Å²) >= 11 is 18.1. The molecule has 0 aliphatic carbocycles. The van der Waals surface area contributed by atoms with Crippen LogP contribution in [0.25, 0.3) is 80.0 Å². The van der Waals surface area contributed by atoms with Crippen LogP contribution in [0.1, 0.15) is 89.0 Å². The maximum Gasteiger partial charge on any atom is 0.335 e. The Labute approximate surface area is 607 Å². The fourth-order valence-electron chi connectivity index (χ4n) is 11.2. The van der Waals surface area contributed by atoms with Gasteiger partial charge in [-0.05, 0) is 142 Å². The Hall–Kier alpha value is -12.9. The van der Waals surface area contributed by atoms with Crippen LogP contribution in [-0.4, -0.2) is 67.7 Å².